The van der Waals surface area contributed by atoms with Crippen LogP contribution >= 0.6 is 0 Å². The summed E-state index contributed by atoms with van der Waals surface area (Å²) in [6.45, 7) is 22.9. The van der Waals surface area contributed by atoms with E-state index in [0.29, 0.717) is 78.6 Å². The minimum atomic E-state index is -0.738. The van der Waals surface area contributed by atoms with Gasteiger partial charge in [0.15, 0.2) is 34.9 Å². The fourth-order valence-corrected chi connectivity index (χ4v) is 16.0. The first kappa shape index (κ1) is 102. The Hall–Kier alpha value is -16.7. The van der Waals surface area contributed by atoms with Gasteiger partial charge in [-0.25, -0.2) is 59.6 Å². The van der Waals surface area contributed by atoms with Crippen molar-refractivity contribution in [3.05, 3.63) is 356 Å². The summed E-state index contributed by atoms with van der Waals surface area (Å²) in [6.07, 6.45) is 0.377. The first-order valence-corrected chi connectivity index (χ1v) is 47.2. The average Bonchev–Trinajstić information content (AvgIpc) is 0.774. The van der Waals surface area contributed by atoms with Crippen LogP contribution in [0, 0.1) is 0 Å². The van der Waals surface area contributed by atoms with Gasteiger partial charge < -0.3 is 34.1 Å². The highest BCUT2D eigenvalue weighted by Gasteiger charge is 2.37. The van der Waals surface area contributed by atoms with Crippen molar-refractivity contribution in [3.63, 3.8) is 0 Å². The summed E-state index contributed by atoms with van der Waals surface area (Å²) >= 11 is 0. The zero-order valence-electron chi connectivity index (χ0n) is 82.7. The third-order valence-corrected chi connectivity index (χ3v) is 23.3. The van der Waals surface area contributed by atoms with Crippen LogP contribution in [0.1, 0.15) is 103 Å². The number of amides is 6. The highest BCUT2D eigenvalue weighted by Crippen LogP contribution is 2.35. The quantitative estimate of drug-likeness (QED) is 0.0609. The third-order valence-electron chi connectivity index (χ3n) is 23.3. The molecule has 0 fully saturated rings. The molecule has 0 radical (unpaired) electrons. The van der Waals surface area contributed by atoms with E-state index in [1.54, 1.807) is 47.2 Å². The van der Waals surface area contributed by atoms with Crippen molar-refractivity contribution in [2.45, 2.75) is 106 Å². The molecule has 0 spiro atoms. The predicted molar refractivity (Wildman–Crippen MR) is 563 cm³/mol. The molecule has 12 aromatic carbocycles. The van der Waals surface area contributed by atoms with Crippen molar-refractivity contribution < 1.29 is 33.5 Å². The molecule has 0 saturated heterocycles. The molecule has 141 heavy (non-hydrogen) atoms. The van der Waals surface area contributed by atoms with Gasteiger partial charge in [0.2, 0.25) is 29.5 Å². The minimum absolute atomic E-state index is 0.0304. The maximum atomic E-state index is 13.2. The molecule has 18 rings (SSSR count). The molecule has 6 heterocycles. The van der Waals surface area contributed by atoms with Gasteiger partial charge in [0.1, 0.15) is 5.69 Å². The number of likely N-dealkylation sites (N-methyl/N-ethyl adjacent to an activating group) is 3. The van der Waals surface area contributed by atoms with Gasteiger partial charge in [0, 0.05) is 141 Å². The van der Waals surface area contributed by atoms with Gasteiger partial charge in [-0.1, -0.05) is 285 Å². The molecular weight excluding hydrogens is 1760 g/mol. The number of carbonyl (C=O) groups excluding carboxylic acids is 6. The third kappa shape index (κ3) is 25.8. The van der Waals surface area contributed by atoms with E-state index in [1.807, 2.05) is 412 Å². The largest absolute Gasteiger partial charge is 0.416 e. The molecule has 6 amide bonds. The van der Waals surface area contributed by atoms with Crippen molar-refractivity contribution in [3.8, 4) is 74.2 Å². The number of hydrogen-bond acceptors (Lipinski definition) is 19. The second-order valence-electron chi connectivity index (χ2n) is 34.9. The number of para-hydroxylation sites is 6. The second-order valence-corrected chi connectivity index (χ2v) is 34.9. The van der Waals surface area contributed by atoms with Crippen LogP contribution in [-0.4, -0.2) is 205 Å². The Morgan fingerprint density at radius 3 is 0.872 bits per heavy atom. The number of nitrogens with zero attached hydrogens (tertiary/aromatic N) is 18. The van der Waals surface area contributed by atoms with Crippen LogP contribution in [-0.2, 0) is 43.9 Å². The molecule has 18 aromatic rings. The van der Waals surface area contributed by atoms with Gasteiger partial charge in [-0.3, -0.25) is 24.0 Å². The lowest BCUT2D eigenvalue weighted by atomic mass is 9.84. The van der Waals surface area contributed by atoms with Crippen LogP contribution in [0.15, 0.2) is 328 Å². The summed E-state index contributed by atoms with van der Waals surface area (Å²) in [7, 11) is 10.2. The molecule has 0 unspecified atom stereocenters. The number of aromatic nitrogens is 12. The number of ether oxygens (including phenoxy) is 1. The SMILES string of the molecule is CC(C)N(C(=O)Cc1nc(-c2ccccc2)nc2ccccc12)C(C)C.CCN(CC)C(=O)C(C)(C)c1nc(-c2ccccc2)nc2ccccc12.CCN(CC)C(=O)Cc1nc(-c2ccccc2)nc2ccccc12.CN(C)C(=O)Cc1nc(-c2ccccc2)nc2ccccc12.CN(C)C(=O)Oc1nc(-c2ccccc2)nc2ccccc12.CN(C)C(=O)c1nc(-c2ccccc2)nc2ccccc12. The predicted octanol–water partition coefficient (Wildman–Crippen LogP) is 21.9. The Morgan fingerprint density at radius 2 is 0.546 bits per heavy atom. The monoisotopic (exact) mass is 1870 g/mol. The number of fused-ring (bicyclic) bond motifs is 6. The molecular formula is C116H118N18O7. The standard InChI is InChI=1S/2C22H25N3O.C20H21N3O.C18H17N3O.C17H15N3O2.C17H15N3O/c1-15(2)25(16(3)4)21(26)14-20-18-12-8-9-13-19(18)23-22(24-20)17-10-6-5-7-11-17;1-5-25(6-2)21(26)22(3,4)19-17-14-10-11-15-18(17)23-20(24-19)16-12-8-7-9-13-16;1-3-23(4-2)19(24)14-18-16-12-8-9-13-17(16)21-20(22-18)15-10-6-5-7-11-15;1-21(2)17(22)12-16-14-10-6-7-11-15(14)19-18(20-16)13-8-4-3-5-9-13;1-20(2)17(21)22-16-13-10-6-7-11-14(13)18-15(19-16)12-8-4-3-5-9-12;1-20(2)17(21)15-13-10-6-7-11-14(13)18-16(19-15)12-8-4-3-5-9-12/h5-13,15-16H,14H2,1-4H3;7-15H,5-6H2,1-4H3;5-13H,3-4,14H2,1-2H3;3-11H,12H2,1-2H3;3-11H,1-2H3;3-11H,1-2H3. The first-order valence-electron chi connectivity index (χ1n) is 47.2. The summed E-state index contributed by atoms with van der Waals surface area (Å²) < 4.78 is 5.39. The Morgan fingerprint density at radius 1 is 0.277 bits per heavy atom. The van der Waals surface area contributed by atoms with E-state index in [-0.39, 0.29) is 60.3 Å². The smallest absolute Gasteiger partial charge is 0.390 e. The van der Waals surface area contributed by atoms with Gasteiger partial charge >= 0.3 is 6.09 Å². The summed E-state index contributed by atoms with van der Waals surface area (Å²) in [5.41, 5.74) is 13.4. The fraction of sp³-hybridized carbons (Fsp3) is 0.224. The Balaban J connectivity index is 0.000000143. The summed E-state index contributed by atoms with van der Waals surface area (Å²) in [5, 5.41) is 5.22. The molecule has 0 atom stereocenters. The van der Waals surface area contributed by atoms with Gasteiger partial charge in [-0.2, -0.15) is 4.98 Å². The van der Waals surface area contributed by atoms with E-state index >= 15 is 0 Å². The Bertz CT molecular complexity index is 7190. The molecule has 0 bridgehead atoms. The van der Waals surface area contributed by atoms with Gasteiger partial charge in [-0.15, -0.1) is 0 Å². The van der Waals surface area contributed by atoms with E-state index in [2.05, 4.69) is 34.9 Å². The Kier molecular flexibility index (Phi) is 34.9. The molecule has 0 saturated carbocycles. The number of hydrogen-bond donors (Lipinski definition) is 0. The van der Waals surface area contributed by atoms with Gasteiger partial charge in [-0.05, 0) is 112 Å². The van der Waals surface area contributed by atoms with Crippen LogP contribution in [0.3, 0.4) is 0 Å². The fourth-order valence-electron chi connectivity index (χ4n) is 16.0. The van der Waals surface area contributed by atoms with Crippen LogP contribution < -0.4 is 4.74 Å². The number of benzene rings is 12. The average molecular weight is 1880 g/mol. The second kappa shape index (κ2) is 48.4. The molecule has 6 aromatic heterocycles. The van der Waals surface area contributed by atoms with Crippen molar-refractivity contribution >= 4 is 101 Å². The molecule has 25 heteroatoms. The number of carbonyl (C=O) groups is 6. The summed E-state index contributed by atoms with van der Waals surface area (Å²) in [4.78, 5) is 141. The lowest BCUT2D eigenvalue weighted by molar-refractivity contribution is -0.136. The van der Waals surface area contributed by atoms with Crippen LogP contribution in [0.5, 0.6) is 5.88 Å². The molecule has 25 nitrogen and oxygen atoms in total. The van der Waals surface area contributed by atoms with E-state index in [4.69, 9.17) is 29.7 Å². The van der Waals surface area contributed by atoms with Crippen LogP contribution in [0.4, 0.5) is 4.79 Å². The van der Waals surface area contributed by atoms with E-state index in [0.717, 1.165) is 116 Å². The lowest BCUT2D eigenvalue weighted by Gasteiger charge is -2.31. The van der Waals surface area contributed by atoms with Gasteiger partial charge in [0.25, 0.3) is 5.91 Å². The lowest BCUT2D eigenvalue weighted by Crippen LogP contribution is -2.44. The molecule has 0 aliphatic heterocycles. The zero-order chi connectivity index (χ0) is 100. The van der Waals surface area contributed by atoms with Crippen LogP contribution in [0.25, 0.3) is 134 Å². The Labute approximate surface area is 823 Å². The van der Waals surface area contributed by atoms with Gasteiger partial charge in [0.05, 0.1) is 85.9 Å². The normalized spacial score (nSPS) is 10.9. The maximum Gasteiger partial charge on any atom is 0.416 e. The zero-order valence-corrected chi connectivity index (χ0v) is 82.7. The highest BCUT2D eigenvalue weighted by atomic mass is 16.6. The number of rotatable bonds is 22. The molecule has 0 N–H and O–H groups in total. The highest BCUT2D eigenvalue weighted by molar-refractivity contribution is 6.05. The van der Waals surface area contributed by atoms with Crippen molar-refractivity contribution in [1.82, 2.24) is 89.2 Å². The van der Waals surface area contributed by atoms with Crippen molar-refractivity contribution in [2.75, 3.05) is 68.5 Å². The summed E-state index contributed by atoms with van der Waals surface area (Å²) in [6, 6.07) is 106. The van der Waals surface area contributed by atoms with E-state index in [9.17, 15) is 28.8 Å². The first-order chi connectivity index (χ1) is 68.1. The van der Waals surface area contributed by atoms with Crippen molar-refractivity contribution in [2.24, 2.45) is 0 Å². The molecule has 0 aliphatic rings. The summed E-state index contributed by atoms with van der Waals surface area (Å²) in [5.74, 6) is 4.19. The van der Waals surface area contributed by atoms with Crippen molar-refractivity contribution in [1.29, 1.82) is 0 Å². The molecule has 0 aliphatic carbocycles. The maximum absolute atomic E-state index is 13.2. The van der Waals surface area contributed by atoms with E-state index in [1.165, 1.54) is 9.80 Å². The topological polar surface area (TPSA) is 286 Å². The molecule has 714 valence electrons. The van der Waals surface area contributed by atoms with E-state index < -0.39 is 11.5 Å². The minimum Gasteiger partial charge on any atom is -0.390 e. The van der Waals surface area contributed by atoms with Crippen LogP contribution in [0.2, 0.25) is 0 Å².